The number of carboxylic acids is 1. The first-order valence-corrected chi connectivity index (χ1v) is 6.52. The van der Waals surface area contributed by atoms with Gasteiger partial charge in [-0.2, -0.15) is 0 Å². The number of carbonyl (C=O) groups excluding carboxylic acids is 1. The molecule has 1 saturated carbocycles. The van der Waals surface area contributed by atoms with Crippen LogP contribution in [0.4, 0.5) is 4.79 Å². The van der Waals surface area contributed by atoms with Gasteiger partial charge in [0.2, 0.25) is 0 Å². The van der Waals surface area contributed by atoms with Crippen molar-refractivity contribution in [3.05, 3.63) is 35.4 Å². The third kappa shape index (κ3) is 2.41. The number of carboxylic acid groups (broad SMARTS) is 1. The Morgan fingerprint density at radius 1 is 1.21 bits per heavy atom. The quantitative estimate of drug-likeness (QED) is 0.843. The lowest BCUT2D eigenvalue weighted by Crippen LogP contribution is -2.52. The van der Waals surface area contributed by atoms with Gasteiger partial charge in [-0.15, -0.1) is 0 Å². The van der Waals surface area contributed by atoms with Gasteiger partial charge in [0, 0.05) is 19.0 Å². The van der Waals surface area contributed by atoms with Crippen molar-refractivity contribution < 1.29 is 14.7 Å². The van der Waals surface area contributed by atoms with Crippen LogP contribution in [0.1, 0.15) is 24.0 Å². The van der Waals surface area contributed by atoms with E-state index in [9.17, 15) is 14.7 Å². The molecule has 1 aromatic carbocycles. The average molecular weight is 260 g/mol. The van der Waals surface area contributed by atoms with E-state index in [-0.39, 0.29) is 12.1 Å². The molecular formula is C14H16N2O3. The molecule has 0 bridgehead atoms. The Hall–Kier alpha value is -2.04. The molecule has 2 amide bonds. The second kappa shape index (κ2) is 4.57. The Morgan fingerprint density at radius 3 is 2.53 bits per heavy atom. The number of hydrogen-bond acceptors (Lipinski definition) is 2. The average Bonchev–Trinajstić information content (AvgIpc) is 3.21. The van der Waals surface area contributed by atoms with E-state index < -0.39 is 12.0 Å². The minimum atomic E-state index is -0.944. The molecule has 5 heteroatoms. The van der Waals surface area contributed by atoms with Crippen LogP contribution < -0.4 is 5.32 Å². The van der Waals surface area contributed by atoms with E-state index in [4.69, 9.17) is 0 Å². The minimum absolute atomic E-state index is 0.235. The Labute approximate surface area is 111 Å². The predicted molar refractivity (Wildman–Crippen MR) is 68.7 cm³/mol. The highest BCUT2D eigenvalue weighted by molar-refractivity contribution is 5.83. The van der Waals surface area contributed by atoms with E-state index in [1.807, 2.05) is 24.3 Å². The van der Waals surface area contributed by atoms with Gasteiger partial charge in [-0.1, -0.05) is 24.3 Å². The summed E-state index contributed by atoms with van der Waals surface area (Å²) >= 11 is 0. The van der Waals surface area contributed by atoms with Crippen LogP contribution in [0.2, 0.25) is 0 Å². The Morgan fingerprint density at radius 2 is 1.89 bits per heavy atom. The van der Waals surface area contributed by atoms with Gasteiger partial charge in [-0.3, -0.25) is 0 Å². The summed E-state index contributed by atoms with van der Waals surface area (Å²) in [6.07, 6.45) is 2.37. The molecule has 3 rings (SSSR count). The van der Waals surface area contributed by atoms with Crippen molar-refractivity contribution in [2.75, 3.05) is 0 Å². The number of amides is 2. The third-order valence-corrected chi connectivity index (χ3v) is 3.70. The topological polar surface area (TPSA) is 69.6 Å². The summed E-state index contributed by atoms with van der Waals surface area (Å²) in [6, 6.07) is 6.90. The fraction of sp³-hybridized carbons (Fsp3) is 0.429. The molecule has 1 heterocycles. The van der Waals surface area contributed by atoms with E-state index in [0.29, 0.717) is 13.0 Å². The summed E-state index contributed by atoms with van der Waals surface area (Å²) < 4.78 is 0. The zero-order valence-electron chi connectivity index (χ0n) is 10.5. The molecule has 0 spiro atoms. The van der Waals surface area contributed by atoms with Gasteiger partial charge in [0.05, 0.1) is 0 Å². The number of rotatable bonds is 2. The van der Waals surface area contributed by atoms with Crippen LogP contribution in [0.5, 0.6) is 0 Å². The molecule has 1 aromatic rings. The van der Waals surface area contributed by atoms with Crippen molar-refractivity contribution in [3.8, 4) is 0 Å². The molecule has 2 aliphatic rings. The number of urea groups is 1. The first-order valence-electron chi connectivity index (χ1n) is 6.52. The van der Waals surface area contributed by atoms with Crippen LogP contribution in [0, 0.1) is 0 Å². The Bertz CT molecular complexity index is 525. The van der Waals surface area contributed by atoms with Crippen molar-refractivity contribution in [2.24, 2.45) is 0 Å². The van der Waals surface area contributed by atoms with Gasteiger partial charge >= 0.3 is 12.0 Å². The van der Waals surface area contributed by atoms with Crippen LogP contribution in [0.25, 0.3) is 0 Å². The lowest BCUT2D eigenvalue weighted by atomic mass is 9.94. The lowest BCUT2D eigenvalue weighted by molar-refractivity contribution is -0.142. The molecule has 0 aromatic heterocycles. The Balaban J connectivity index is 1.84. The van der Waals surface area contributed by atoms with Gasteiger partial charge in [-0.25, -0.2) is 9.59 Å². The van der Waals surface area contributed by atoms with Gasteiger partial charge in [0.1, 0.15) is 6.04 Å². The van der Waals surface area contributed by atoms with Crippen molar-refractivity contribution in [1.82, 2.24) is 10.2 Å². The number of aliphatic carboxylic acids is 1. The molecule has 1 unspecified atom stereocenters. The van der Waals surface area contributed by atoms with Crippen molar-refractivity contribution >= 4 is 12.0 Å². The summed E-state index contributed by atoms with van der Waals surface area (Å²) in [5.74, 6) is -0.944. The van der Waals surface area contributed by atoms with Crippen molar-refractivity contribution in [1.29, 1.82) is 0 Å². The monoisotopic (exact) mass is 260 g/mol. The molecule has 1 atom stereocenters. The summed E-state index contributed by atoms with van der Waals surface area (Å²) in [7, 11) is 0. The molecule has 1 fully saturated rings. The summed E-state index contributed by atoms with van der Waals surface area (Å²) in [5, 5.41) is 12.2. The summed E-state index contributed by atoms with van der Waals surface area (Å²) in [6.45, 7) is 0.367. The first-order chi connectivity index (χ1) is 9.15. The summed E-state index contributed by atoms with van der Waals surface area (Å²) in [4.78, 5) is 24.9. The molecule has 0 radical (unpaired) electrons. The highest BCUT2D eigenvalue weighted by atomic mass is 16.4. The van der Waals surface area contributed by atoms with Gasteiger partial charge in [0.25, 0.3) is 0 Å². The molecule has 5 nitrogen and oxygen atoms in total. The lowest BCUT2D eigenvalue weighted by Gasteiger charge is -2.34. The maximum absolute atomic E-state index is 12.1. The standard InChI is InChI=1S/C14H16N2O3/c17-13(18)12-7-9-3-1-2-4-10(9)8-16(12)14(19)15-11-5-6-11/h1-4,11-12H,5-8H2,(H,15,19)(H,17,18). The highest BCUT2D eigenvalue weighted by Gasteiger charge is 2.36. The molecule has 19 heavy (non-hydrogen) atoms. The van der Waals surface area contributed by atoms with Crippen molar-refractivity contribution in [2.45, 2.75) is 37.9 Å². The van der Waals surface area contributed by atoms with E-state index in [0.717, 1.165) is 24.0 Å². The minimum Gasteiger partial charge on any atom is -0.480 e. The van der Waals surface area contributed by atoms with E-state index >= 15 is 0 Å². The molecule has 1 aliphatic carbocycles. The fourth-order valence-corrected chi connectivity index (χ4v) is 2.44. The second-order valence-electron chi connectivity index (χ2n) is 5.18. The predicted octanol–water partition coefficient (Wildman–Crippen LogP) is 1.37. The summed E-state index contributed by atoms with van der Waals surface area (Å²) in [5.41, 5.74) is 2.05. The maximum atomic E-state index is 12.1. The van der Waals surface area contributed by atoms with E-state index in [1.54, 1.807) is 0 Å². The molecule has 2 N–H and O–H groups in total. The molecule has 1 aliphatic heterocycles. The normalized spacial score (nSPS) is 21.7. The number of hydrogen-bond donors (Lipinski definition) is 2. The molecule has 0 saturated heterocycles. The van der Waals surface area contributed by atoms with E-state index in [1.165, 1.54) is 4.90 Å². The van der Waals surface area contributed by atoms with Crippen LogP contribution in [0.15, 0.2) is 24.3 Å². The third-order valence-electron chi connectivity index (χ3n) is 3.70. The number of fused-ring (bicyclic) bond motifs is 1. The number of carbonyl (C=O) groups is 2. The number of nitrogens with zero attached hydrogens (tertiary/aromatic N) is 1. The smallest absolute Gasteiger partial charge is 0.326 e. The number of nitrogens with one attached hydrogen (secondary N) is 1. The molecule has 100 valence electrons. The number of benzene rings is 1. The molecular weight excluding hydrogens is 244 g/mol. The maximum Gasteiger partial charge on any atom is 0.326 e. The largest absolute Gasteiger partial charge is 0.480 e. The fourth-order valence-electron chi connectivity index (χ4n) is 2.44. The van der Waals surface area contributed by atoms with Crippen LogP contribution in [-0.2, 0) is 17.8 Å². The zero-order chi connectivity index (χ0) is 13.4. The van der Waals surface area contributed by atoms with E-state index in [2.05, 4.69) is 5.32 Å². The van der Waals surface area contributed by atoms with Gasteiger partial charge in [0.15, 0.2) is 0 Å². The first kappa shape index (κ1) is 12.0. The SMILES string of the molecule is O=C(O)C1Cc2ccccc2CN1C(=O)NC1CC1. The zero-order valence-corrected chi connectivity index (χ0v) is 10.5. The van der Waals surface area contributed by atoms with Gasteiger partial charge in [-0.05, 0) is 24.0 Å². The van der Waals surface area contributed by atoms with Crippen LogP contribution >= 0.6 is 0 Å². The van der Waals surface area contributed by atoms with Crippen molar-refractivity contribution in [3.63, 3.8) is 0 Å². The second-order valence-corrected chi connectivity index (χ2v) is 5.18. The van der Waals surface area contributed by atoms with Gasteiger partial charge < -0.3 is 15.3 Å². The Kier molecular flexibility index (Phi) is 2.89. The van der Waals surface area contributed by atoms with Crippen LogP contribution in [-0.4, -0.2) is 34.1 Å². The highest BCUT2D eigenvalue weighted by Crippen LogP contribution is 2.25. The van der Waals surface area contributed by atoms with Crippen LogP contribution in [0.3, 0.4) is 0 Å².